The van der Waals surface area contributed by atoms with Crippen molar-refractivity contribution in [3.8, 4) is 0 Å². The normalized spacial score (nSPS) is 3.00. The summed E-state index contributed by atoms with van der Waals surface area (Å²) >= 11 is 0. The van der Waals surface area contributed by atoms with E-state index in [4.69, 9.17) is 0 Å². The molecule has 0 nitrogen and oxygen atoms in total. The van der Waals surface area contributed by atoms with E-state index in [0.717, 1.165) is 0 Å². The summed E-state index contributed by atoms with van der Waals surface area (Å²) < 4.78 is 0. The van der Waals surface area contributed by atoms with Crippen LogP contribution in [0.25, 0.3) is 0 Å². The molecule has 0 heterocycles. The molecule has 6 heavy (non-hydrogen) atoms. The Bertz CT molecular complexity index is 13.5. The first-order chi connectivity index (χ1) is 1.41. The minimum Gasteiger partial charge on any atom is -0.153 e. The van der Waals surface area contributed by atoms with Gasteiger partial charge in [0, 0.05) is 42.8 Å². The zero-order chi connectivity index (χ0) is 2.71. The summed E-state index contributed by atoms with van der Waals surface area (Å²) in [6, 6.07) is 0. The molecule has 1 unspecified atom stereocenters. The summed E-state index contributed by atoms with van der Waals surface area (Å²) in [7, 11) is 10.1. The summed E-state index contributed by atoms with van der Waals surface area (Å²) in [5.41, 5.74) is 0. The van der Waals surface area contributed by atoms with Crippen LogP contribution in [-0.4, -0.2) is 42.8 Å². The van der Waals surface area contributed by atoms with E-state index in [2.05, 4.69) is 21.4 Å². The topological polar surface area (TPSA) is 0 Å². The third kappa shape index (κ3) is 29.5. The average Bonchev–Trinajstić information content (AvgIpc) is 0.918. The Labute approximate surface area is 83.2 Å². The molecule has 0 aliphatic carbocycles. The van der Waals surface area contributed by atoms with Gasteiger partial charge in [0.1, 0.15) is 0 Å². The summed E-state index contributed by atoms with van der Waals surface area (Å²) in [6.45, 7) is 0. The number of rotatable bonds is 0. The molecule has 0 aliphatic rings. The van der Waals surface area contributed by atoms with Crippen LogP contribution in [0.2, 0.25) is 0 Å². The van der Waals surface area contributed by atoms with Crippen LogP contribution in [-0.2, 0) is 0 Å². The van der Waals surface area contributed by atoms with Crippen LogP contribution in [0.15, 0.2) is 0 Å². The second kappa shape index (κ2) is 25.1. The Morgan fingerprint density at radius 2 is 1.17 bits per heavy atom. The van der Waals surface area contributed by atoms with Gasteiger partial charge in [-0.3, -0.25) is 0 Å². The zero-order valence-electron chi connectivity index (χ0n) is 3.37. The van der Waals surface area contributed by atoms with Gasteiger partial charge in [-0.25, -0.2) is 0 Å². The molecule has 5 radical (unpaired) electrons. The van der Waals surface area contributed by atoms with Crippen LogP contribution < -0.4 is 0 Å². The Morgan fingerprint density at radius 1 is 1.17 bits per heavy atom. The summed E-state index contributed by atoms with van der Waals surface area (Å²) in [6.07, 6.45) is 0. The van der Waals surface area contributed by atoms with Crippen molar-refractivity contribution < 1.29 is 0 Å². The number of hydrogen-bond acceptors (Lipinski definition) is 1. The third-order valence-corrected chi connectivity index (χ3v) is 0. The molecule has 6 heteroatoms. The fraction of sp³-hybridized carbons (Fsp3) is 0. The van der Waals surface area contributed by atoms with E-state index in [-0.39, 0.29) is 52.7 Å². The monoisotopic (exact) mass is 263 g/mol. The van der Waals surface area contributed by atoms with E-state index in [0.29, 0.717) is 10.2 Å². The molecular weight excluding hydrogens is 260 g/mol. The van der Waals surface area contributed by atoms with Crippen molar-refractivity contribution in [2.45, 2.75) is 0 Å². The van der Waals surface area contributed by atoms with Crippen molar-refractivity contribution in [3.05, 3.63) is 0 Å². The fourth-order valence-electron chi connectivity index (χ4n) is 0. The summed E-state index contributed by atoms with van der Waals surface area (Å²) in [5, 5.41) is 0. The molecule has 0 amide bonds. The van der Waals surface area contributed by atoms with Gasteiger partial charge in [0.2, 0.25) is 0 Å². The maximum atomic E-state index is 4.68. The van der Waals surface area contributed by atoms with Crippen LogP contribution in [0.1, 0.15) is 0 Å². The van der Waals surface area contributed by atoms with Crippen molar-refractivity contribution in [3.63, 3.8) is 0 Å². The molecule has 0 bridgehead atoms. The van der Waals surface area contributed by atoms with Gasteiger partial charge in [0.25, 0.3) is 0 Å². The van der Waals surface area contributed by atoms with E-state index in [9.17, 15) is 0 Å². The summed E-state index contributed by atoms with van der Waals surface area (Å²) in [4.78, 5) is 0. The molecule has 0 rings (SSSR count). The minimum absolute atomic E-state index is 0. The van der Waals surface area contributed by atoms with Crippen molar-refractivity contribution >= 4 is 84.2 Å². The van der Waals surface area contributed by atoms with Gasteiger partial charge in [0.15, 0.2) is 0 Å². The molecule has 33 valence electrons. The average molecular weight is 263 g/mol. The Kier molecular flexibility index (Phi) is 97.4. The van der Waals surface area contributed by atoms with Crippen molar-refractivity contribution in [1.29, 1.82) is 0 Å². The second-order valence-electron chi connectivity index (χ2n) is 0.0583. The fourth-order valence-corrected chi connectivity index (χ4v) is 0. The summed E-state index contributed by atoms with van der Waals surface area (Å²) in [5.74, 6) is 0. The van der Waals surface area contributed by atoms with Gasteiger partial charge in [-0.1, -0.05) is 0 Å². The van der Waals surface area contributed by atoms with Crippen molar-refractivity contribution in [1.82, 2.24) is 0 Å². The van der Waals surface area contributed by atoms with Gasteiger partial charge in [-0.2, -0.15) is 9.90 Å². The van der Waals surface area contributed by atoms with Gasteiger partial charge in [-0.15, -0.1) is 0 Å². The van der Waals surface area contributed by atoms with E-state index in [1.165, 1.54) is 0 Å². The standard InChI is InChI=1S/Cl2S.Li.H3P.Sn/c1-3-2;;;/h;;1H3;. The molecular formula is H3Cl2LiPSSn. The van der Waals surface area contributed by atoms with Crippen LogP contribution in [0.3, 0.4) is 0 Å². The van der Waals surface area contributed by atoms with Gasteiger partial charge in [0.05, 0.1) is 10.2 Å². The molecule has 0 fully saturated rings. The van der Waals surface area contributed by atoms with Crippen LogP contribution in [0.5, 0.6) is 0 Å². The smallest absolute Gasteiger partial charge is 0.0523 e. The van der Waals surface area contributed by atoms with E-state index < -0.39 is 0 Å². The molecule has 0 aromatic carbocycles. The molecule has 0 aromatic heterocycles. The van der Waals surface area contributed by atoms with E-state index in [1.54, 1.807) is 0 Å². The first-order valence-corrected chi connectivity index (χ1v) is 2.78. The number of hydrogen-bond donors (Lipinski definition) is 0. The van der Waals surface area contributed by atoms with Gasteiger partial charge < -0.3 is 0 Å². The molecule has 1 atom stereocenters. The molecule has 0 aromatic rings. The zero-order valence-corrected chi connectivity index (χ0v) is 9.97. The third-order valence-electron chi connectivity index (χ3n) is 0. The van der Waals surface area contributed by atoms with Crippen LogP contribution >= 0.6 is 41.5 Å². The Balaban J connectivity index is -0.00000000667. The predicted molar refractivity (Wildman–Crippen MR) is 41.9 cm³/mol. The molecule has 0 saturated heterocycles. The molecule has 0 saturated carbocycles. The SMILES string of the molecule is ClSCl.P.[Li].[Sn]. The quantitative estimate of drug-likeness (QED) is 0.469. The van der Waals surface area contributed by atoms with Gasteiger partial charge >= 0.3 is 0 Å². The first kappa shape index (κ1) is 23.3. The molecule has 0 N–H and O–H groups in total. The maximum Gasteiger partial charge on any atom is 0.0523 e. The predicted octanol–water partition coefficient (Wildman–Crippen LogP) is 1.32. The van der Waals surface area contributed by atoms with Crippen LogP contribution in [0, 0.1) is 0 Å². The number of halogens is 2. The Hall–Kier alpha value is 2.76. The minimum atomic E-state index is 0. The van der Waals surface area contributed by atoms with Crippen LogP contribution in [0.4, 0.5) is 0 Å². The van der Waals surface area contributed by atoms with Crippen molar-refractivity contribution in [2.75, 3.05) is 0 Å². The largest absolute Gasteiger partial charge is 0.153 e. The van der Waals surface area contributed by atoms with E-state index in [1.807, 2.05) is 0 Å². The van der Waals surface area contributed by atoms with Crippen molar-refractivity contribution in [2.24, 2.45) is 0 Å². The first-order valence-electron chi connectivity index (χ1n) is 0.309. The second-order valence-corrected chi connectivity index (χ2v) is 1.57. The Morgan fingerprint density at radius 3 is 1.17 bits per heavy atom. The maximum absolute atomic E-state index is 4.68. The van der Waals surface area contributed by atoms with E-state index >= 15 is 0 Å². The molecule has 0 aliphatic heterocycles. The molecule has 0 spiro atoms. The van der Waals surface area contributed by atoms with Gasteiger partial charge in [-0.05, 0) is 21.4 Å².